The fourth-order valence-corrected chi connectivity index (χ4v) is 5.49. The largest absolute Gasteiger partial charge is 0.461 e. The molecule has 9 heteroatoms. The fourth-order valence-electron chi connectivity index (χ4n) is 3.42. The van der Waals surface area contributed by atoms with E-state index in [4.69, 9.17) is 9.15 Å². The third-order valence-corrected chi connectivity index (χ3v) is 7.67. The van der Waals surface area contributed by atoms with E-state index in [-0.39, 0.29) is 23.8 Å². The number of thiophene rings is 1. The number of aryl methyl sites for hydroxylation is 2. The van der Waals surface area contributed by atoms with Crippen LogP contribution in [-0.2, 0) is 39.0 Å². The molecule has 2 heterocycles. The number of carbonyl (C=O) groups excluding carboxylic acids is 1. The van der Waals surface area contributed by atoms with Gasteiger partial charge in [-0.15, -0.1) is 11.3 Å². The minimum atomic E-state index is -3.61. The number of fused-ring (bicyclic) bond motifs is 2. The van der Waals surface area contributed by atoms with Gasteiger partial charge in [-0.25, -0.2) is 17.9 Å². The van der Waals surface area contributed by atoms with Gasteiger partial charge in [0.15, 0.2) is 0 Å². The van der Waals surface area contributed by atoms with Crippen LogP contribution in [0.2, 0.25) is 0 Å². The molecule has 29 heavy (non-hydrogen) atoms. The summed E-state index contributed by atoms with van der Waals surface area (Å²) in [5.41, 5.74) is 2.99. The predicted octanol–water partition coefficient (Wildman–Crippen LogP) is 2.76. The minimum Gasteiger partial charge on any atom is -0.461 e. The zero-order chi connectivity index (χ0) is 20.4. The molecule has 152 valence electrons. The van der Waals surface area contributed by atoms with Gasteiger partial charge in [-0.2, -0.15) is 0 Å². The van der Waals surface area contributed by atoms with Crippen molar-refractivity contribution in [2.45, 2.75) is 36.5 Å². The first-order valence-corrected chi connectivity index (χ1v) is 11.6. The summed E-state index contributed by atoms with van der Waals surface area (Å²) in [6.07, 6.45) is 2.91. The number of hydrogen-bond acceptors (Lipinski definition) is 7. The average Bonchev–Trinajstić information content (AvgIpc) is 3.36. The highest BCUT2D eigenvalue weighted by Gasteiger charge is 2.17. The quantitative estimate of drug-likeness (QED) is 0.454. The van der Waals surface area contributed by atoms with E-state index in [1.807, 2.05) is 12.1 Å². The minimum absolute atomic E-state index is 0.0652. The first-order valence-electron chi connectivity index (χ1n) is 9.20. The normalized spacial score (nSPS) is 13.5. The van der Waals surface area contributed by atoms with Crippen LogP contribution in [0.1, 0.15) is 29.5 Å². The summed E-state index contributed by atoms with van der Waals surface area (Å²) >= 11 is 1.10. The Labute approximate surface area is 171 Å². The molecule has 0 spiro atoms. The second-order valence-electron chi connectivity index (χ2n) is 6.80. The van der Waals surface area contributed by atoms with Crippen LogP contribution in [0, 0.1) is 0 Å². The molecular weight excluding hydrogens is 414 g/mol. The molecule has 1 N–H and O–H groups in total. The Morgan fingerprint density at radius 1 is 1.21 bits per heavy atom. The van der Waals surface area contributed by atoms with Crippen molar-refractivity contribution in [2.75, 3.05) is 6.54 Å². The molecule has 3 aromatic rings. The van der Waals surface area contributed by atoms with E-state index in [9.17, 15) is 18.0 Å². The van der Waals surface area contributed by atoms with Gasteiger partial charge in [-0.1, -0.05) is 6.07 Å². The lowest BCUT2D eigenvalue weighted by Gasteiger charge is -2.09. The molecule has 0 unspecified atom stereocenters. The maximum atomic E-state index is 12.0. The first kappa shape index (κ1) is 19.8. The first-order chi connectivity index (χ1) is 13.9. The van der Waals surface area contributed by atoms with E-state index < -0.39 is 21.6 Å². The lowest BCUT2D eigenvalue weighted by atomic mass is 10.0. The van der Waals surface area contributed by atoms with Gasteiger partial charge >= 0.3 is 11.6 Å². The Balaban J connectivity index is 1.39. The van der Waals surface area contributed by atoms with Gasteiger partial charge in [0, 0.05) is 23.6 Å². The Hall–Kier alpha value is -2.49. The van der Waals surface area contributed by atoms with Crippen LogP contribution in [0.3, 0.4) is 0 Å². The third-order valence-electron chi connectivity index (χ3n) is 4.81. The van der Waals surface area contributed by atoms with E-state index in [2.05, 4.69) is 4.72 Å². The molecule has 0 aliphatic heterocycles. The number of benzene rings is 1. The topological polar surface area (TPSA) is 103 Å². The van der Waals surface area contributed by atoms with E-state index >= 15 is 0 Å². The van der Waals surface area contributed by atoms with Crippen molar-refractivity contribution in [3.8, 4) is 0 Å². The highest BCUT2D eigenvalue weighted by molar-refractivity contribution is 7.91. The van der Waals surface area contributed by atoms with Crippen molar-refractivity contribution in [3.63, 3.8) is 0 Å². The highest BCUT2D eigenvalue weighted by Crippen LogP contribution is 2.28. The Morgan fingerprint density at radius 3 is 2.76 bits per heavy atom. The van der Waals surface area contributed by atoms with Gasteiger partial charge in [0.05, 0.1) is 6.42 Å². The molecule has 2 aromatic heterocycles. The molecule has 0 amide bonds. The number of sulfonamides is 1. The molecule has 0 saturated carbocycles. The molecule has 0 saturated heterocycles. The van der Waals surface area contributed by atoms with Crippen LogP contribution >= 0.6 is 11.3 Å². The van der Waals surface area contributed by atoms with E-state index in [1.54, 1.807) is 11.4 Å². The van der Waals surface area contributed by atoms with Gasteiger partial charge in [0.25, 0.3) is 0 Å². The number of ether oxygens (including phenoxy) is 1. The number of esters is 1. The lowest BCUT2D eigenvalue weighted by Crippen LogP contribution is -2.26. The Kier molecular flexibility index (Phi) is 5.53. The Morgan fingerprint density at radius 2 is 2.00 bits per heavy atom. The summed E-state index contributed by atoms with van der Waals surface area (Å²) in [5.74, 6) is -0.554. The van der Waals surface area contributed by atoms with Crippen LogP contribution in [0.4, 0.5) is 0 Å². The van der Waals surface area contributed by atoms with E-state index in [0.29, 0.717) is 11.1 Å². The van der Waals surface area contributed by atoms with Gasteiger partial charge in [-0.05, 0) is 54.0 Å². The molecule has 0 fully saturated rings. The van der Waals surface area contributed by atoms with Gasteiger partial charge in [-0.3, -0.25) is 4.79 Å². The summed E-state index contributed by atoms with van der Waals surface area (Å²) in [6, 6.07) is 8.36. The lowest BCUT2D eigenvalue weighted by molar-refractivity contribution is -0.144. The molecule has 1 aromatic carbocycles. The number of hydrogen-bond donors (Lipinski definition) is 1. The van der Waals surface area contributed by atoms with Crippen LogP contribution in [0.5, 0.6) is 0 Å². The number of rotatable bonds is 7. The van der Waals surface area contributed by atoms with Crippen LogP contribution in [0.15, 0.2) is 49.1 Å². The third kappa shape index (κ3) is 4.42. The molecular formula is C20H19NO6S2. The maximum Gasteiger partial charge on any atom is 0.336 e. The molecule has 1 aliphatic rings. The second-order valence-corrected chi connectivity index (χ2v) is 9.74. The zero-order valence-electron chi connectivity index (χ0n) is 15.5. The van der Waals surface area contributed by atoms with Gasteiger partial charge < -0.3 is 9.15 Å². The van der Waals surface area contributed by atoms with Gasteiger partial charge in [0.2, 0.25) is 10.0 Å². The molecule has 7 nitrogen and oxygen atoms in total. The van der Waals surface area contributed by atoms with Crippen LogP contribution in [-0.4, -0.2) is 20.9 Å². The zero-order valence-corrected chi connectivity index (χ0v) is 17.1. The van der Waals surface area contributed by atoms with Crippen LogP contribution < -0.4 is 10.3 Å². The van der Waals surface area contributed by atoms with E-state index in [1.165, 1.54) is 23.3 Å². The SMILES string of the molecule is O=C(CCNS(=O)(=O)c1cccs1)OCc1cc(=O)oc2cc3c(cc12)CCC3. The second kappa shape index (κ2) is 8.10. The summed E-state index contributed by atoms with van der Waals surface area (Å²) in [5, 5.41) is 2.43. The van der Waals surface area contributed by atoms with E-state index in [0.717, 1.165) is 36.0 Å². The maximum absolute atomic E-state index is 12.0. The smallest absolute Gasteiger partial charge is 0.336 e. The summed E-state index contributed by atoms with van der Waals surface area (Å²) in [6.45, 7) is -0.137. The highest BCUT2D eigenvalue weighted by atomic mass is 32.2. The monoisotopic (exact) mass is 433 g/mol. The van der Waals surface area contributed by atoms with Crippen molar-refractivity contribution in [1.29, 1.82) is 0 Å². The van der Waals surface area contributed by atoms with Crippen molar-refractivity contribution >= 4 is 38.3 Å². The number of nitrogens with one attached hydrogen (secondary N) is 1. The molecule has 0 bridgehead atoms. The molecule has 0 atom stereocenters. The summed E-state index contributed by atoms with van der Waals surface area (Å²) in [7, 11) is -3.61. The van der Waals surface area contributed by atoms with Crippen LogP contribution in [0.25, 0.3) is 11.0 Å². The standard InChI is InChI=1S/C20H19NO6S2/c22-18(6-7-21-29(24,25)20-5-2-8-28-20)26-12-15-11-19(23)27-17-10-14-4-1-3-13(14)9-16(15)17/h2,5,8-11,21H,1,3-4,6-7,12H2. The van der Waals surface area contributed by atoms with Crippen molar-refractivity contribution in [1.82, 2.24) is 4.72 Å². The molecule has 0 radical (unpaired) electrons. The van der Waals surface area contributed by atoms with Crippen molar-refractivity contribution in [3.05, 3.63) is 62.8 Å². The van der Waals surface area contributed by atoms with Gasteiger partial charge in [0.1, 0.15) is 16.4 Å². The summed E-state index contributed by atoms with van der Waals surface area (Å²) < 4.78 is 37.2. The van der Waals surface area contributed by atoms with Crippen molar-refractivity contribution in [2.24, 2.45) is 0 Å². The number of carbonyl (C=O) groups is 1. The van der Waals surface area contributed by atoms with Crippen molar-refractivity contribution < 1.29 is 22.4 Å². The summed E-state index contributed by atoms with van der Waals surface area (Å²) in [4.78, 5) is 23.9. The predicted molar refractivity (Wildman–Crippen MR) is 108 cm³/mol. The fraction of sp³-hybridized carbons (Fsp3) is 0.300. The molecule has 4 rings (SSSR count). The average molecular weight is 434 g/mol. The Bertz CT molecular complexity index is 1210. The molecule has 1 aliphatic carbocycles.